The smallest absolute Gasteiger partial charge is 0.400 e. The van der Waals surface area contributed by atoms with Crippen LogP contribution in [0.5, 0.6) is 5.75 Å². The van der Waals surface area contributed by atoms with Crippen molar-refractivity contribution in [2.75, 3.05) is 0 Å². The highest BCUT2D eigenvalue weighted by Crippen LogP contribution is 2.44. The fourth-order valence-electron chi connectivity index (χ4n) is 5.45. The maximum absolute atomic E-state index is 14.8. The molecule has 0 heterocycles. The van der Waals surface area contributed by atoms with Crippen LogP contribution in [0.1, 0.15) is 64.2 Å². The predicted molar refractivity (Wildman–Crippen MR) is 114 cm³/mol. The van der Waals surface area contributed by atoms with Gasteiger partial charge in [0.25, 0.3) is 0 Å². The third-order valence-electron chi connectivity index (χ3n) is 7.30. The number of halogens is 6. The molecule has 7 heteroatoms. The van der Waals surface area contributed by atoms with Crippen LogP contribution in [-0.4, -0.2) is 6.11 Å². The maximum Gasteiger partial charge on any atom is 0.400 e. The molecule has 0 N–H and O–H groups in total. The van der Waals surface area contributed by atoms with Crippen molar-refractivity contribution in [2.24, 2.45) is 17.8 Å². The molecule has 0 saturated heterocycles. The van der Waals surface area contributed by atoms with E-state index in [0.717, 1.165) is 31.0 Å². The normalized spacial score (nSPS) is 22.7. The zero-order chi connectivity index (χ0) is 23.6. The number of hydrogen-bond acceptors (Lipinski definition) is 1. The second-order valence-corrected chi connectivity index (χ2v) is 9.42. The van der Waals surface area contributed by atoms with Gasteiger partial charge in [0.15, 0.2) is 17.5 Å². The van der Waals surface area contributed by atoms with Crippen LogP contribution in [0.3, 0.4) is 0 Å². The van der Waals surface area contributed by atoms with Gasteiger partial charge >= 0.3 is 6.11 Å². The van der Waals surface area contributed by atoms with Crippen LogP contribution in [0, 0.1) is 41.0 Å². The number of hydrogen-bond donors (Lipinski definition) is 0. The first-order valence-corrected chi connectivity index (χ1v) is 11.8. The number of alkyl halides is 2. The Morgan fingerprint density at radius 2 is 1.24 bits per heavy atom. The van der Waals surface area contributed by atoms with Crippen molar-refractivity contribution in [3.63, 3.8) is 0 Å². The van der Waals surface area contributed by atoms with Gasteiger partial charge in [-0.25, -0.2) is 17.6 Å². The highest BCUT2D eigenvalue weighted by atomic mass is 19.3. The summed E-state index contributed by atoms with van der Waals surface area (Å²) in [7, 11) is 0. The molecule has 2 saturated carbocycles. The van der Waals surface area contributed by atoms with Crippen LogP contribution < -0.4 is 4.74 Å². The first-order valence-electron chi connectivity index (χ1n) is 11.8. The van der Waals surface area contributed by atoms with Crippen LogP contribution in [-0.2, 0) is 0 Å². The molecular formula is C26H28F6O. The fourth-order valence-corrected chi connectivity index (χ4v) is 5.45. The van der Waals surface area contributed by atoms with Gasteiger partial charge in [-0.15, -0.1) is 0 Å². The van der Waals surface area contributed by atoms with E-state index in [9.17, 15) is 26.3 Å². The lowest BCUT2D eigenvalue weighted by atomic mass is 9.73. The van der Waals surface area contributed by atoms with Crippen molar-refractivity contribution in [3.05, 3.63) is 53.6 Å². The average Bonchev–Trinajstić information content (AvgIpc) is 3.07. The summed E-state index contributed by atoms with van der Waals surface area (Å²) in [5.41, 5.74) is -0.480. The fraction of sp³-hybridized carbons (Fsp3) is 0.538. The predicted octanol–water partition coefficient (Wildman–Crippen LogP) is 8.66. The Hall–Kier alpha value is -2.18. The Bertz CT molecular complexity index is 936. The lowest BCUT2D eigenvalue weighted by Crippen LogP contribution is -2.38. The molecule has 180 valence electrons. The molecule has 2 aromatic carbocycles. The molecule has 4 rings (SSSR count). The van der Waals surface area contributed by atoms with Gasteiger partial charge in [-0.05, 0) is 67.3 Å². The SMILES string of the molecule is Fc1cc(OC(F)(F)C2CCC(C3CCCCCC3)CC2)ccc1-c1cc(F)c(F)c(F)c1. The average molecular weight is 470 g/mol. The number of rotatable bonds is 5. The Morgan fingerprint density at radius 1 is 0.667 bits per heavy atom. The zero-order valence-electron chi connectivity index (χ0n) is 18.4. The van der Waals surface area contributed by atoms with Gasteiger partial charge in [0.2, 0.25) is 0 Å². The van der Waals surface area contributed by atoms with Crippen molar-refractivity contribution in [2.45, 2.75) is 70.3 Å². The van der Waals surface area contributed by atoms with Crippen LogP contribution in [0.2, 0.25) is 0 Å². The van der Waals surface area contributed by atoms with Gasteiger partial charge in [0.05, 0.1) is 5.92 Å². The molecule has 0 amide bonds. The minimum atomic E-state index is -3.45. The monoisotopic (exact) mass is 470 g/mol. The first kappa shape index (κ1) is 24.0. The maximum atomic E-state index is 14.8. The molecule has 2 aliphatic rings. The number of ether oxygens (including phenoxy) is 1. The Labute approximate surface area is 190 Å². The molecule has 1 nitrogen and oxygen atoms in total. The Balaban J connectivity index is 1.40. The first-order chi connectivity index (χ1) is 15.7. The molecule has 2 aliphatic carbocycles. The van der Waals surface area contributed by atoms with E-state index in [0.29, 0.717) is 36.8 Å². The van der Waals surface area contributed by atoms with Gasteiger partial charge in [0, 0.05) is 11.6 Å². The van der Waals surface area contributed by atoms with E-state index in [2.05, 4.69) is 0 Å². The molecule has 0 spiro atoms. The van der Waals surface area contributed by atoms with Gasteiger partial charge in [-0.1, -0.05) is 38.5 Å². The molecule has 0 bridgehead atoms. The van der Waals surface area contributed by atoms with Crippen molar-refractivity contribution in [1.82, 2.24) is 0 Å². The van der Waals surface area contributed by atoms with E-state index in [1.165, 1.54) is 38.5 Å². The van der Waals surface area contributed by atoms with Crippen molar-refractivity contribution < 1.29 is 31.1 Å². The molecular weight excluding hydrogens is 442 g/mol. The summed E-state index contributed by atoms with van der Waals surface area (Å²) in [4.78, 5) is 0. The van der Waals surface area contributed by atoms with E-state index in [-0.39, 0.29) is 16.9 Å². The highest BCUT2D eigenvalue weighted by molar-refractivity contribution is 5.65. The van der Waals surface area contributed by atoms with Crippen molar-refractivity contribution in [3.8, 4) is 16.9 Å². The summed E-state index contributed by atoms with van der Waals surface area (Å²) in [5.74, 6) is -5.77. The molecule has 2 aromatic rings. The standard InChI is InChI=1S/C26H28F6O/c27-22-15-20(11-12-21(22)18-13-23(28)25(30)24(29)14-18)33-26(31,32)19-9-7-17(8-10-19)16-5-3-1-2-4-6-16/h11-17,19H,1-10H2. The van der Waals surface area contributed by atoms with Crippen LogP contribution in [0.25, 0.3) is 11.1 Å². The van der Waals surface area contributed by atoms with E-state index >= 15 is 0 Å². The minimum Gasteiger partial charge on any atom is -0.432 e. The van der Waals surface area contributed by atoms with Crippen LogP contribution >= 0.6 is 0 Å². The summed E-state index contributed by atoms with van der Waals surface area (Å²) in [6, 6.07) is 4.29. The molecule has 33 heavy (non-hydrogen) atoms. The number of benzene rings is 2. The quantitative estimate of drug-likeness (QED) is 0.241. The molecule has 0 aromatic heterocycles. The molecule has 0 aliphatic heterocycles. The molecule has 0 radical (unpaired) electrons. The van der Waals surface area contributed by atoms with E-state index in [1.807, 2.05) is 0 Å². The Kier molecular flexibility index (Phi) is 7.25. The highest BCUT2D eigenvalue weighted by Gasteiger charge is 2.44. The summed E-state index contributed by atoms with van der Waals surface area (Å²) >= 11 is 0. The minimum absolute atomic E-state index is 0.237. The van der Waals surface area contributed by atoms with Crippen LogP contribution in [0.4, 0.5) is 26.3 Å². The summed E-state index contributed by atoms with van der Waals surface area (Å²) in [6.45, 7) is 0. The largest absolute Gasteiger partial charge is 0.432 e. The summed E-state index contributed by atoms with van der Waals surface area (Å²) in [6.07, 6.45) is 6.14. The van der Waals surface area contributed by atoms with Gasteiger partial charge in [-0.3, -0.25) is 0 Å². The lowest BCUT2D eigenvalue weighted by molar-refractivity contribution is -0.224. The second-order valence-electron chi connectivity index (χ2n) is 9.42. The third-order valence-corrected chi connectivity index (χ3v) is 7.30. The third kappa shape index (κ3) is 5.49. The van der Waals surface area contributed by atoms with E-state index < -0.39 is 35.3 Å². The lowest BCUT2D eigenvalue weighted by Gasteiger charge is -2.36. The molecule has 2 fully saturated rings. The summed E-state index contributed by atoms with van der Waals surface area (Å²) in [5, 5.41) is 0. The Morgan fingerprint density at radius 3 is 1.82 bits per heavy atom. The molecule has 0 atom stereocenters. The second kappa shape index (κ2) is 9.98. The zero-order valence-corrected chi connectivity index (χ0v) is 18.4. The van der Waals surface area contributed by atoms with Gasteiger partial charge < -0.3 is 4.74 Å². The van der Waals surface area contributed by atoms with Gasteiger partial charge in [0.1, 0.15) is 11.6 Å². The summed E-state index contributed by atoms with van der Waals surface area (Å²) < 4.78 is 89.2. The van der Waals surface area contributed by atoms with Crippen molar-refractivity contribution >= 4 is 0 Å². The molecule has 0 unspecified atom stereocenters. The van der Waals surface area contributed by atoms with Gasteiger partial charge in [-0.2, -0.15) is 8.78 Å². The van der Waals surface area contributed by atoms with E-state index in [4.69, 9.17) is 4.74 Å². The van der Waals surface area contributed by atoms with Crippen molar-refractivity contribution in [1.29, 1.82) is 0 Å². The van der Waals surface area contributed by atoms with E-state index in [1.54, 1.807) is 0 Å². The van der Waals surface area contributed by atoms with Crippen LogP contribution in [0.15, 0.2) is 30.3 Å². The topological polar surface area (TPSA) is 9.23 Å².